The lowest BCUT2D eigenvalue weighted by molar-refractivity contribution is 1.31. The van der Waals surface area contributed by atoms with Crippen molar-refractivity contribution in [1.82, 2.24) is 9.97 Å². The van der Waals surface area contributed by atoms with Crippen LogP contribution in [0.2, 0.25) is 0 Å². The molecule has 0 amide bonds. The van der Waals surface area contributed by atoms with Gasteiger partial charge in [-0.2, -0.15) is 0 Å². The van der Waals surface area contributed by atoms with Crippen molar-refractivity contribution in [2.24, 2.45) is 0 Å². The average Bonchev–Trinajstić information content (AvgIpc) is 3.07. The first-order valence-corrected chi connectivity index (χ1v) is 7.03. The minimum atomic E-state index is 0.903. The van der Waals surface area contributed by atoms with Gasteiger partial charge in [-0.25, -0.2) is 4.98 Å². The van der Waals surface area contributed by atoms with Crippen molar-refractivity contribution < 1.29 is 0 Å². The number of nitrogens with zero attached hydrogens (tertiary/aromatic N) is 1. The second kappa shape index (κ2) is 4.90. The summed E-state index contributed by atoms with van der Waals surface area (Å²) in [6.45, 7) is 2.12. The molecular formula is C15H15N3S. The van der Waals surface area contributed by atoms with Crippen molar-refractivity contribution >= 4 is 17.0 Å². The van der Waals surface area contributed by atoms with Gasteiger partial charge >= 0.3 is 0 Å². The van der Waals surface area contributed by atoms with Gasteiger partial charge in [-0.15, -0.1) is 11.3 Å². The first kappa shape index (κ1) is 12.0. The fraction of sp³-hybridized carbons (Fsp3) is 0.133. The highest BCUT2D eigenvalue weighted by molar-refractivity contribution is 7.13. The van der Waals surface area contributed by atoms with Crippen molar-refractivity contribution in [2.75, 3.05) is 12.4 Å². The maximum atomic E-state index is 4.48. The molecule has 0 bridgehead atoms. The van der Waals surface area contributed by atoms with Gasteiger partial charge in [0, 0.05) is 18.3 Å². The maximum absolute atomic E-state index is 4.48. The molecule has 3 aromatic rings. The molecule has 0 radical (unpaired) electrons. The molecule has 0 aliphatic heterocycles. The summed E-state index contributed by atoms with van der Waals surface area (Å²) in [6.07, 6.45) is 1.90. The van der Waals surface area contributed by atoms with Crippen LogP contribution in [-0.2, 0) is 0 Å². The minimum Gasteiger partial charge on any atom is -0.388 e. The molecule has 19 heavy (non-hydrogen) atoms. The highest BCUT2D eigenvalue weighted by Gasteiger charge is 2.08. The van der Waals surface area contributed by atoms with Crippen LogP contribution in [0.3, 0.4) is 0 Å². The lowest BCUT2D eigenvalue weighted by atomic mass is 10.2. The molecule has 96 valence electrons. The van der Waals surface area contributed by atoms with Gasteiger partial charge in [0.05, 0.1) is 16.8 Å². The molecule has 0 atom stereocenters. The van der Waals surface area contributed by atoms with Crippen LogP contribution in [0.1, 0.15) is 5.56 Å². The molecule has 0 spiro atoms. The van der Waals surface area contributed by atoms with E-state index in [1.165, 1.54) is 10.4 Å². The standard InChI is InChI=1S/C15H15N3S/c1-10-6-7-19-14(10)13-9-17-15(18-13)11-4-3-5-12(8-11)16-2/h3-9,16H,1-2H3,(H,17,18). The van der Waals surface area contributed by atoms with Crippen LogP contribution in [0.4, 0.5) is 5.69 Å². The molecule has 0 unspecified atom stereocenters. The number of hydrogen-bond acceptors (Lipinski definition) is 3. The van der Waals surface area contributed by atoms with Crippen molar-refractivity contribution in [1.29, 1.82) is 0 Å². The summed E-state index contributed by atoms with van der Waals surface area (Å²) in [5.41, 5.74) is 4.54. The number of H-pyrrole nitrogens is 1. The largest absolute Gasteiger partial charge is 0.388 e. The van der Waals surface area contributed by atoms with E-state index < -0.39 is 0 Å². The fourth-order valence-corrected chi connectivity index (χ4v) is 2.95. The monoisotopic (exact) mass is 269 g/mol. The third kappa shape index (κ3) is 2.27. The summed E-state index contributed by atoms with van der Waals surface area (Å²) in [6, 6.07) is 10.3. The second-order valence-corrected chi connectivity index (χ2v) is 5.33. The average molecular weight is 269 g/mol. The Kier molecular flexibility index (Phi) is 3.09. The van der Waals surface area contributed by atoms with Crippen LogP contribution < -0.4 is 5.32 Å². The summed E-state index contributed by atoms with van der Waals surface area (Å²) < 4.78 is 0. The third-order valence-electron chi connectivity index (χ3n) is 3.11. The van der Waals surface area contributed by atoms with Gasteiger partial charge in [0.25, 0.3) is 0 Å². The lowest BCUT2D eigenvalue weighted by Gasteiger charge is -2.02. The summed E-state index contributed by atoms with van der Waals surface area (Å²) >= 11 is 1.74. The van der Waals surface area contributed by atoms with E-state index in [2.05, 4.69) is 45.8 Å². The Labute approximate surface area is 116 Å². The first-order chi connectivity index (χ1) is 9.28. The van der Waals surface area contributed by atoms with Gasteiger partial charge in [0.1, 0.15) is 5.82 Å². The van der Waals surface area contributed by atoms with Gasteiger partial charge in [0.2, 0.25) is 0 Å². The van der Waals surface area contributed by atoms with Gasteiger partial charge < -0.3 is 10.3 Å². The number of nitrogens with one attached hydrogen (secondary N) is 2. The van der Waals surface area contributed by atoms with Crippen LogP contribution >= 0.6 is 11.3 Å². The maximum Gasteiger partial charge on any atom is 0.137 e. The van der Waals surface area contributed by atoms with Gasteiger partial charge in [-0.1, -0.05) is 12.1 Å². The number of hydrogen-bond donors (Lipinski definition) is 2. The lowest BCUT2D eigenvalue weighted by Crippen LogP contribution is -1.88. The summed E-state index contributed by atoms with van der Waals surface area (Å²) in [5, 5.41) is 5.24. The van der Waals surface area contributed by atoms with Crippen molar-refractivity contribution in [3.8, 4) is 22.0 Å². The molecule has 2 aromatic heterocycles. The van der Waals surface area contributed by atoms with Gasteiger partial charge in [-0.3, -0.25) is 0 Å². The molecule has 4 heteroatoms. The fourth-order valence-electron chi connectivity index (χ4n) is 2.05. The second-order valence-electron chi connectivity index (χ2n) is 4.41. The van der Waals surface area contributed by atoms with Crippen LogP contribution in [0.15, 0.2) is 41.9 Å². The molecule has 0 aliphatic carbocycles. The first-order valence-electron chi connectivity index (χ1n) is 6.15. The summed E-state index contributed by atoms with van der Waals surface area (Å²) in [7, 11) is 1.92. The number of aromatic nitrogens is 2. The van der Waals surface area contributed by atoms with E-state index in [4.69, 9.17) is 0 Å². The van der Waals surface area contributed by atoms with Crippen molar-refractivity contribution in [2.45, 2.75) is 6.92 Å². The molecule has 0 fully saturated rings. The SMILES string of the molecule is CNc1cccc(-c2ncc(-c3sccc3C)[nH]2)c1. The van der Waals surface area contributed by atoms with Crippen LogP contribution in [0.5, 0.6) is 0 Å². The number of rotatable bonds is 3. The molecule has 2 N–H and O–H groups in total. The van der Waals surface area contributed by atoms with E-state index >= 15 is 0 Å². The number of aromatic amines is 1. The molecule has 0 aliphatic rings. The third-order valence-corrected chi connectivity index (χ3v) is 4.16. The number of aryl methyl sites for hydroxylation is 1. The molecule has 3 nitrogen and oxygen atoms in total. The van der Waals surface area contributed by atoms with Gasteiger partial charge in [0.15, 0.2) is 0 Å². The Balaban J connectivity index is 1.99. The Bertz CT molecular complexity index is 697. The van der Waals surface area contributed by atoms with E-state index in [0.717, 1.165) is 22.8 Å². The van der Waals surface area contributed by atoms with Gasteiger partial charge in [-0.05, 0) is 36.1 Å². The van der Waals surface area contributed by atoms with E-state index in [9.17, 15) is 0 Å². The van der Waals surface area contributed by atoms with Crippen molar-refractivity contribution in [3.63, 3.8) is 0 Å². The van der Waals surface area contributed by atoms with Crippen LogP contribution in [0, 0.1) is 6.92 Å². The predicted octanol–water partition coefficient (Wildman–Crippen LogP) is 4.16. The number of thiophene rings is 1. The topological polar surface area (TPSA) is 40.7 Å². The normalized spacial score (nSPS) is 10.6. The zero-order valence-corrected chi connectivity index (χ0v) is 11.7. The highest BCUT2D eigenvalue weighted by Crippen LogP contribution is 2.29. The molecule has 3 rings (SSSR count). The van der Waals surface area contributed by atoms with E-state index in [1.54, 1.807) is 11.3 Å². The number of imidazole rings is 1. The van der Waals surface area contributed by atoms with E-state index in [-0.39, 0.29) is 0 Å². The molecular weight excluding hydrogens is 254 g/mol. The Hall–Kier alpha value is -2.07. The van der Waals surface area contributed by atoms with E-state index in [0.29, 0.717) is 0 Å². The van der Waals surface area contributed by atoms with Crippen molar-refractivity contribution in [3.05, 3.63) is 47.5 Å². The molecule has 1 aromatic carbocycles. The number of anilines is 1. The summed E-state index contributed by atoms with van der Waals surface area (Å²) in [5.74, 6) is 0.903. The Morgan fingerprint density at radius 2 is 2.16 bits per heavy atom. The quantitative estimate of drug-likeness (QED) is 0.749. The Morgan fingerprint density at radius 3 is 2.89 bits per heavy atom. The van der Waals surface area contributed by atoms with Crippen LogP contribution in [-0.4, -0.2) is 17.0 Å². The Morgan fingerprint density at radius 1 is 1.26 bits per heavy atom. The zero-order valence-electron chi connectivity index (χ0n) is 10.9. The summed E-state index contributed by atoms with van der Waals surface area (Å²) in [4.78, 5) is 9.13. The molecule has 0 saturated carbocycles. The molecule has 2 heterocycles. The zero-order chi connectivity index (χ0) is 13.2. The van der Waals surface area contributed by atoms with Crippen LogP contribution in [0.25, 0.3) is 22.0 Å². The predicted molar refractivity (Wildman–Crippen MR) is 81.6 cm³/mol. The molecule has 0 saturated heterocycles. The number of benzene rings is 1. The minimum absolute atomic E-state index is 0.903. The smallest absolute Gasteiger partial charge is 0.137 e. The van der Waals surface area contributed by atoms with E-state index in [1.807, 2.05) is 25.4 Å². The highest BCUT2D eigenvalue weighted by atomic mass is 32.1.